The van der Waals surface area contributed by atoms with Gasteiger partial charge >= 0.3 is 0 Å². The maximum absolute atomic E-state index is 10.1. The summed E-state index contributed by atoms with van der Waals surface area (Å²) in [5.74, 6) is 5.76. The number of pyridine rings is 2. The van der Waals surface area contributed by atoms with Crippen LogP contribution in [0.2, 0.25) is 5.15 Å². The van der Waals surface area contributed by atoms with E-state index in [1.807, 2.05) is 30.7 Å². The third-order valence-corrected chi connectivity index (χ3v) is 15.0. The van der Waals surface area contributed by atoms with E-state index in [9.17, 15) is 5.11 Å². The van der Waals surface area contributed by atoms with Gasteiger partial charge in [0.15, 0.2) is 0 Å². The van der Waals surface area contributed by atoms with E-state index in [-0.39, 0.29) is 18.3 Å². The van der Waals surface area contributed by atoms with Crippen molar-refractivity contribution in [2.75, 3.05) is 72.0 Å². The third-order valence-electron chi connectivity index (χ3n) is 14.8. The highest BCUT2D eigenvalue weighted by molar-refractivity contribution is 6.29. The second-order valence-corrected chi connectivity index (χ2v) is 20.1. The highest BCUT2D eigenvalue weighted by Gasteiger charge is 2.32. The monoisotopic (exact) mass is 906 g/mol. The zero-order valence-electron chi connectivity index (χ0n) is 37.8. The lowest BCUT2D eigenvalue weighted by atomic mass is 9.89. The number of ether oxygens (including phenoxy) is 1. The van der Waals surface area contributed by atoms with E-state index in [2.05, 4.69) is 47.4 Å². The molecule has 4 aromatic heterocycles. The molecule has 6 aliphatic rings. The van der Waals surface area contributed by atoms with Crippen molar-refractivity contribution >= 4 is 52.3 Å². The largest absolute Gasteiger partial charge is 0.393 e. The summed E-state index contributed by atoms with van der Waals surface area (Å²) >= 11 is 6.20. The zero-order valence-corrected chi connectivity index (χ0v) is 38.6. The van der Waals surface area contributed by atoms with E-state index in [0.29, 0.717) is 41.0 Å². The van der Waals surface area contributed by atoms with E-state index < -0.39 is 0 Å². The van der Waals surface area contributed by atoms with E-state index in [0.717, 1.165) is 164 Å². The average Bonchev–Trinajstić information content (AvgIpc) is 4.16. The maximum Gasteiger partial charge on any atom is 0.229 e. The van der Waals surface area contributed by atoms with Crippen LogP contribution in [0.25, 0.3) is 0 Å². The summed E-state index contributed by atoms with van der Waals surface area (Å²) in [7, 11) is 0. The summed E-state index contributed by atoms with van der Waals surface area (Å²) in [5.41, 5.74) is 4.17. The Kier molecular flexibility index (Phi) is 14.4. The molecule has 3 aliphatic heterocycles. The Balaban J connectivity index is 0.746. The van der Waals surface area contributed by atoms with Crippen LogP contribution in [-0.4, -0.2) is 116 Å². The number of rotatable bonds is 15. The van der Waals surface area contributed by atoms with Crippen molar-refractivity contribution < 1.29 is 9.84 Å². The van der Waals surface area contributed by atoms with Gasteiger partial charge in [0.05, 0.1) is 18.3 Å². The Bertz CT molecular complexity index is 2170. The van der Waals surface area contributed by atoms with Crippen LogP contribution in [-0.2, 0) is 4.74 Å². The van der Waals surface area contributed by atoms with Crippen LogP contribution in [0.4, 0.5) is 40.7 Å². The number of aromatic nitrogens is 6. The second-order valence-electron chi connectivity index (χ2n) is 19.7. The normalized spacial score (nSPS) is 26.1. The van der Waals surface area contributed by atoms with E-state index in [1.165, 1.54) is 30.5 Å². The number of aliphatic hydroxyl groups is 1. The van der Waals surface area contributed by atoms with Gasteiger partial charge in [-0.2, -0.15) is 9.97 Å². The summed E-state index contributed by atoms with van der Waals surface area (Å²) in [6.07, 6.45) is 24.8. The molecule has 16 heteroatoms. The molecule has 6 N–H and O–H groups in total. The molecule has 3 saturated carbocycles. The molecule has 3 aliphatic carbocycles. The molecule has 1 unspecified atom stereocenters. The molecule has 0 bridgehead atoms. The van der Waals surface area contributed by atoms with Crippen LogP contribution in [0.1, 0.15) is 126 Å². The van der Waals surface area contributed by atoms with E-state index in [4.69, 9.17) is 41.3 Å². The van der Waals surface area contributed by atoms with Crippen LogP contribution in [0.5, 0.6) is 0 Å². The van der Waals surface area contributed by atoms with Crippen molar-refractivity contribution in [1.29, 1.82) is 0 Å². The van der Waals surface area contributed by atoms with Crippen molar-refractivity contribution in [1.82, 2.24) is 40.1 Å². The molecule has 0 spiro atoms. The van der Waals surface area contributed by atoms with Crippen molar-refractivity contribution in [3.05, 3.63) is 65.3 Å². The minimum Gasteiger partial charge on any atom is -0.393 e. The molecular formula is C49H68ClN13O2. The maximum atomic E-state index is 10.1. The minimum atomic E-state index is -0.192. The predicted octanol–water partition coefficient (Wildman–Crippen LogP) is 8.38. The SMILES string of the molecule is OC1CCC(Nc2nc(Nc3ccnc(N4CCCC(OC5CCC(Nc6nc(Nc7ccnc(Cl)c7)ncc6C6CCN(CC7CC7)CC6)CC5)C4)c3)ncc2C2CCNCC2)CC1. The van der Waals surface area contributed by atoms with Gasteiger partial charge in [0.1, 0.15) is 22.6 Å². The highest BCUT2D eigenvalue weighted by atomic mass is 35.5. The fourth-order valence-electron chi connectivity index (χ4n) is 10.8. The first kappa shape index (κ1) is 44.4. The summed E-state index contributed by atoms with van der Waals surface area (Å²) < 4.78 is 6.89. The summed E-state index contributed by atoms with van der Waals surface area (Å²) in [6, 6.07) is 8.41. The third kappa shape index (κ3) is 12.0. The summed E-state index contributed by atoms with van der Waals surface area (Å²) in [4.78, 5) is 33.8. The molecule has 0 radical (unpaired) electrons. The Morgan fingerprint density at radius 1 is 0.662 bits per heavy atom. The molecular weight excluding hydrogens is 838 g/mol. The molecule has 10 rings (SSSR count). The molecule has 6 fully saturated rings. The number of nitrogens with one attached hydrogen (secondary N) is 5. The first-order valence-electron chi connectivity index (χ1n) is 24.8. The zero-order chi connectivity index (χ0) is 44.0. The molecule has 348 valence electrons. The Morgan fingerprint density at radius 3 is 1.92 bits per heavy atom. The number of hydrogen-bond acceptors (Lipinski definition) is 15. The lowest BCUT2D eigenvalue weighted by Crippen LogP contribution is -2.42. The van der Waals surface area contributed by atoms with Gasteiger partial charge in [-0.05, 0) is 165 Å². The van der Waals surface area contributed by atoms with Crippen LogP contribution in [0.3, 0.4) is 0 Å². The Morgan fingerprint density at radius 2 is 1.28 bits per heavy atom. The molecule has 65 heavy (non-hydrogen) atoms. The number of halogens is 1. The van der Waals surface area contributed by atoms with Gasteiger partial charge in [-0.1, -0.05) is 11.6 Å². The molecule has 4 aromatic rings. The molecule has 1 atom stereocenters. The van der Waals surface area contributed by atoms with Crippen molar-refractivity contribution in [2.45, 2.75) is 145 Å². The van der Waals surface area contributed by atoms with Crippen LogP contribution >= 0.6 is 11.6 Å². The van der Waals surface area contributed by atoms with Gasteiger partial charge < -0.3 is 46.2 Å². The fourth-order valence-corrected chi connectivity index (χ4v) is 11.0. The average molecular weight is 907 g/mol. The topological polar surface area (TPSA) is 173 Å². The van der Waals surface area contributed by atoms with E-state index in [1.54, 1.807) is 12.3 Å². The van der Waals surface area contributed by atoms with Crippen molar-refractivity contribution in [3.8, 4) is 0 Å². The number of nitrogens with zero attached hydrogens (tertiary/aromatic N) is 8. The minimum absolute atomic E-state index is 0.159. The number of hydrogen-bond donors (Lipinski definition) is 6. The first-order chi connectivity index (χ1) is 31.9. The second kappa shape index (κ2) is 21.0. The Labute approximate surface area is 389 Å². The van der Waals surface area contributed by atoms with Gasteiger partial charge in [-0.25, -0.2) is 19.9 Å². The van der Waals surface area contributed by atoms with Gasteiger partial charge in [-0.3, -0.25) is 0 Å². The number of aliphatic hydroxyl groups excluding tert-OH is 1. The first-order valence-corrected chi connectivity index (χ1v) is 25.2. The molecule has 7 heterocycles. The molecule has 0 amide bonds. The van der Waals surface area contributed by atoms with Crippen molar-refractivity contribution in [3.63, 3.8) is 0 Å². The van der Waals surface area contributed by atoms with Gasteiger partial charge in [0.25, 0.3) is 0 Å². The van der Waals surface area contributed by atoms with Crippen LogP contribution in [0, 0.1) is 5.92 Å². The lowest BCUT2D eigenvalue weighted by molar-refractivity contribution is -0.0359. The summed E-state index contributed by atoms with van der Waals surface area (Å²) in [6.45, 7) is 7.34. The van der Waals surface area contributed by atoms with Crippen molar-refractivity contribution in [2.24, 2.45) is 5.92 Å². The predicted molar refractivity (Wildman–Crippen MR) is 258 cm³/mol. The van der Waals surface area contributed by atoms with Gasteiger partial charge in [-0.15, -0.1) is 0 Å². The van der Waals surface area contributed by atoms with Crippen LogP contribution < -0.4 is 31.5 Å². The Hall–Kier alpha value is -4.41. The molecule has 15 nitrogen and oxygen atoms in total. The smallest absolute Gasteiger partial charge is 0.229 e. The van der Waals surface area contributed by atoms with E-state index >= 15 is 0 Å². The highest BCUT2D eigenvalue weighted by Crippen LogP contribution is 2.38. The lowest BCUT2D eigenvalue weighted by Gasteiger charge is -2.37. The standard InChI is InChI=1S/C49H68ClN13O2/c50-44-26-37(15-21-52-44)58-48-55-29-43(34-17-24-62(25-18-34)30-32-3-4-32)47(61-48)57-36-7-11-40(12-8-36)65-41-2-1-23-63(31-41)45-27-38(16-22-53-45)59-49-54-28-42(33-13-19-51-20-14-33)46(60-49)56-35-5-9-39(64)10-6-35/h15-16,21-22,26-29,32-36,39-41,51,64H,1-14,17-20,23-25,30-31H2,(H2,52,55,57,58,61)(H2,53,54,56,59,60). The quantitative estimate of drug-likeness (QED) is 0.0628. The number of anilines is 7. The number of piperidine rings is 3. The van der Waals surface area contributed by atoms with Crippen LogP contribution in [0.15, 0.2) is 49.1 Å². The van der Waals surface area contributed by atoms with Gasteiger partial charge in [0.2, 0.25) is 11.9 Å². The van der Waals surface area contributed by atoms with Gasteiger partial charge in [0, 0.05) is 85.1 Å². The number of likely N-dealkylation sites (tertiary alicyclic amines) is 1. The molecule has 3 saturated heterocycles. The summed E-state index contributed by atoms with van der Waals surface area (Å²) in [5, 5.41) is 28.6. The fraction of sp³-hybridized carbons (Fsp3) is 0.633. The molecule has 0 aromatic carbocycles.